The predicted octanol–water partition coefficient (Wildman–Crippen LogP) is 4.57. The standard InChI is InChI=1S/C28H34FN3O2/c1-4-5-11-27(33)32(26-10-6-9-25(29)21-26)16-7-8-23-12-14-24(15-13-23)28(34)31-19-17-30(18-20-31)22(2)3/h6,9-10,12-15,21-22H,4-5,11,16-20H2,1-3H3. The van der Waals surface area contributed by atoms with Gasteiger partial charge < -0.3 is 9.80 Å². The van der Waals surface area contributed by atoms with Crippen molar-refractivity contribution in [3.63, 3.8) is 0 Å². The molecule has 1 aliphatic rings. The molecule has 0 aromatic heterocycles. The summed E-state index contributed by atoms with van der Waals surface area (Å²) < 4.78 is 13.7. The smallest absolute Gasteiger partial charge is 0.253 e. The second kappa shape index (κ2) is 12.3. The minimum absolute atomic E-state index is 0.0433. The summed E-state index contributed by atoms with van der Waals surface area (Å²) in [5.41, 5.74) is 1.93. The van der Waals surface area contributed by atoms with Crippen LogP contribution in [0.1, 0.15) is 56.0 Å². The number of hydrogen-bond donors (Lipinski definition) is 0. The van der Waals surface area contributed by atoms with Gasteiger partial charge in [-0.2, -0.15) is 0 Å². The van der Waals surface area contributed by atoms with Crippen molar-refractivity contribution in [2.75, 3.05) is 37.6 Å². The summed E-state index contributed by atoms with van der Waals surface area (Å²) >= 11 is 0. The number of unbranched alkanes of at least 4 members (excludes halogenated alkanes) is 1. The summed E-state index contributed by atoms with van der Waals surface area (Å²) in [7, 11) is 0. The lowest BCUT2D eigenvalue weighted by atomic mass is 10.1. The van der Waals surface area contributed by atoms with Gasteiger partial charge in [0, 0.05) is 55.5 Å². The van der Waals surface area contributed by atoms with Gasteiger partial charge in [-0.1, -0.05) is 31.3 Å². The van der Waals surface area contributed by atoms with Crippen molar-refractivity contribution in [3.8, 4) is 11.8 Å². The maximum absolute atomic E-state index is 13.7. The van der Waals surface area contributed by atoms with Crippen LogP contribution in [-0.2, 0) is 4.79 Å². The number of benzene rings is 2. The zero-order valence-corrected chi connectivity index (χ0v) is 20.4. The first kappa shape index (κ1) is 25.5. The number of carbonyl (C=O) groups excluding carboxylic acids is 2. The number of hydrogen-bond acceptors (Lipinski definition) is 3. The average molecular weight is 464 g/mol. The number of rotatable bonds is 7. The summed E-state index contributed by atoms with van der Waals surface area (Å²) in [6.45, 7) is 9.82. The van der Waals surface area contributed by atoms with Gasteiger partial charge in [0.05, 0.1) is 6.54 Å². The van der Waals surface area contributed by atoms with Crippen molar-refractivity contribution < 1.29 is 14.0 Å². The topological polar surface area (TPSA) is 43.9 Å². The van der Waals surface area contributed by atoms with Crippen molar-refractivity contribution in [3.05, 3.63) is 65.5 Å². The molecule has 2 aromatic carbocycles. The molecule has 0 radical (unpaired) electrons. The van der Waals surface area contributed by atoms with E-state index in [2.05, 4.69) is 30.6 Å². The maximum atomic E-state index is 13.7. The summed E-state index contributed by atoms with van der Waals surface area (Å²) in [4.78, 5) is 31.3. The number of carbonyl (C=O) groups is 2. The molecule has 3 rings (SSSR count). The summed E-state index contributed by atoms with van der Waals surface area (Å²) in [6, 6.07) is 13.8. The Morgan fingerprint density at radius 3 is 2.38 bits per heavy atom. The zero-order valence-electron chi connectivity index (χ0n) is 20.4. The Morgan fingerprint density at radius 2 is 1.76 bits per heavy atom. The highest BCUT2D eigenvalue weighted by Gasteiger charge is 2.23. The minimum atomic E-state index is -0.385. The third kappa shape index (κ3) is 6.91. The Bertz CT molecular complexity index is 1030. The predicted molar refractivity (Wildman–Crippen MR) is 134 cm³/mol. The van der Waals surface area contributed by atoms with E-state index in [1.54, 1.807) is 24.3 Å². The van der Waals surface area contributed by atoms with E-state index in [1.807, 2.05) is 24.0 Å². The Labute approximate surface area is 202 Å². The molecule has 1 heterocycles. The fourth-order valence-corrected chi connectivity index (χ4v) is 3.97. The first-order valence-corrected chi connectivity index (χ1v) is 12.1. The molecule has 0 spiro atoms. The Hall–Kier alpha value is -3.17. The molecule has 0 atom stereocenters. The molecule has 34 heavy (non-hydrogen) atoms. The van der Waals surface area contributed by atoms with Gasteiger partial charge in [0.25, 0.3) is 5.91 Å². The first-order chi connectivity index (χ1) is 16.4. The lowest BCUT2D eigenvalue weighted by Crippen LogP contribution is -2.50. The van der Waals surface area contributed by atoms with Crippen LogP contribution < -0.4 is 4.90 Å². The van der Waals surface area contributed by atoms with Gasteiger partial charge >= 0.3 is 0 Å². The second-order valence-corrected chi connectivity index (χ2v) is 8.86. The lowest BCUT2D eigenvalue weighted by molar-refractivity contribution is -0.118. The summed E-state index contributed by atoms with van der Waals surface area (Å²) in [5, 5.41) is 0. The third-order valence-corrected chi connectivity index (χ3v) is 6.10. The van der Waals surface area contributed by atoms with E-state index in [9.17, 15) is 14.0 Å². The molecule has 180 valence electrons. The number of anilines is 1. The van der Waals surface area contributed by atoms with Crippen LogP contribution in [0.4, 0.5) is 10.1 Å². The van der Waals surface area contributed by atoms with Gasteiger partial charge in [0.2, 0.25) is 5.91 Å². The van der Waals surface area contributed by atoms with Crippen LogP contribution in [0, 0.1) is 17.7 Å². The molecular formula is C28H34FN3O2. The van der Waals surface area contributed by atoms with Crippen LogP contribution in [-0.4, -0.2) is 60.4 Å². The number of piperazine rings is 1. The van der Waals surface area contributed by atoms with E-state index in [1.165, 1.54) is 17.0 Å². The van der Waals surface area contributed by atoms with Gasteiger partial charge in [0.1, 0.15) is 5.82 Å². The highest BCUT2D eigenvalue weighted by atomic mass is 19.1. The summed E-state index contributed by atoms with van der Waals surface area (Å²) in [6.07, 6.45) is 2.09. The fraction of sp³-hybridized carbons (Fsp3) is 0.429. The number of amides is 2. The largest absolute Gasteiger partial charge is 0.336 e. The van der Waals surface area contributed by atoms with E-state index in [0.29, 0.717) is 23.7 Å². The van der Waals surface area contributed by atoms with Crippen LogP contribution >= 0.6 is 0 Å². The molecule has 1 fully saturated rings. The van der Waals surface area contributed by atoms with Gasteiger partial charge in [-0.25, -0.2) is 4.39 Å². The van der Waals surface area contributed by atoms with Gasteiger partial charge in [0.15, 0.2) is 0 Å². The van der Waals surface area contributed by atoms with Crippen molar-refractivity contribution in [2.45, 2.75) is 46.1 Å². The van der Waals surface area contributed by atoms with Crippen LogP contribution in [0.5, 0.6) is 0 Å². The Morgan fingerprint density at radius 1 is 1.06 bits per heavy atom. The van der Waals surface area contributed by atoms with Gasteiger partial charge in [-0.3, -0.25) is 14.5 Å². The van der Waals surface area contributed by atoms with Gasteiger partial charge in [-0.05, 0) is 62.7 Å². The van der Waals surface area contributed by atoms with E-state index in [-0.39, 0.29) is 24.2 Å². The fourth-order valence-electron chi connectivity index (χ4n) is 3.97. The molecule has 2 aromatic rings. The monoisotopic (exact) mass is 463 g/mol. The van der Waals surface area contributed by atoms with Crippen LogP contribution in [0.2, 0.25) is 0 Å². The third-order valence-electron chi connectivity index (χ3n) is 6.10. The number of nitrogens with zero attached hydrogens (tertiary/aromatic N) is 3. The van der Waals surface area contributed by atoms with Crippen molar-refractivity contribution in [1.82, 2.24) is 9.80 Å². The maximum Gasteiger partial charge on any atom is 0.253 e. The van der Waals surface area contributed by atoms with Gasteiger partial charge in [-0.15, -0.1) is 0 Å². The minimum Gasteiger partial charge on any atom is -0.336 e. The van der Waals surface area contributed by atoms with E-state index >= 15 is 0 Å². The van der Waals surface area contributed by atoms with E-state index in [4.69, 9.17) is 0 Å². The number of halogens is 1. The second-order valence-electron chi connectivity index (χ2n) is 8.86. The van der Waals surface area contributed by atoms with E-state index in [0.717, 1.165) is 44.6 Å². The van der Waals surface area contributed by atoms with Crippen LogP contribution in [0.25, 0.3) is 0 Å². The van der Waals surface area contributed by atoms with Crippen LogP contribution in [0.15, 0.2) is 48.5 Å². The quantitative estimate of drug-likeness (QED) is 0.565. The molecule has 0 saturated carbocycles. The molecule has 6 heteroatoms. The lowest BCUT2D eigenvalue weighted by Gasteiger charge is -2.37. The van der Waals surface area contributed by atoms with Crippen molar-refractivity contribution in [2.24, 2.45) is 0 Å². The molecule has 0 bridgehead atoms. The average Bonchev–Trinajstić information content (AvgIpc) is 2.85. The SMILES string of the molecule is CCCCC(=O)N(CC#Cc1ccc(C(=O)N2CCN(C(C)C)CC2)cc1)c1cccc(F)c1. The van der Waals surface area contributed by atoms with Crippen molar-refractivity contribution in [1.29, 1.82) is 0 Å². The molecular weight excluding hydrogens is 429 g/mol. The Balaban J connectivity index is 1.64. The molecule has 1 saturated heterocycles. The zero-order chi connectivity index (χ0) is 24.5. The van der Waals surface area contributed by atoms with E-state index < -0.39 is 0 Å². The highest BCUT2D eigenvalue weighted by Crippen LogP contribution is 2.17. The van der Waals surface area contributed by atoms with Crippen molar-refractivity contribution >= 4 is 17.5 Å². The Kier molecular flexibility index (Phi) is 9.24. The van der Waals surface area contributed by atoms with Crippen LogP contribution in [0.3, 0.4) is 0 Å². The molecule has 0 aliphatic carbocycles. The molecule has 1 aliphatic heterocycles. The summed E-state index contributed by atoms with van der Waals surface area (Å²) in [5.74, 6) is 5.69. The molecule has 0 N–H and O–H groups in total. The highest BCUT2D eigenvalue weighted by molar-refractivity contribution is 5.94. The molecule has 5 nitrogen and oxygen atoms in total. The molecule has 2 amide bonds. The normalized spacial score (nSPS) is 14.0. The first-order valence-electron chi connectivity index (χ1n) is 12.1. The molecule has 0 unspecified atom stereocenters.